The summed E-state index contributed by atoms with van der Waals surface area (Å²) in [7, 11) is 2.28. The van der Waals surface area contributed by atoms with Crippen LogP contribution in [-0.4, -0.2) is 55.5 Å². The molecule has 1 spiro atoms. The van der Waals surface area contributed by atoms with Crippen molar-refractivity contribution in [2.24, 2.45) is 16.3 Å². The number of nitrogens with one attached hydrogen (secondary N) is 1. The number of halogens is 1. The Bertz CT molecular complexity index is 614. The predicted octanol–water partition coefficient (Wildman–Crippen LogP) is 4.59. The first-order valence-corrected chi connectivity index (χ1v) is 11.4. The maximum Gasteiger partial charge on any atom is 0.193 e. The zero-order valence-electron chi connectivity index (χ0n) is 16.8. The van der Waals surface area contributed by atoms with E-state index in [-0.39, 0.29) is 24.0 Å². The second-order valence-corrected chi connectivity index (χ2v) is 9.54. The Morgan fingerprint density at radius 1 is 1.30 bits per heavy atom. The minimum absolute atomic E-state index is 0. The van der Waals surface area contributed by atoms with Gasteiger partial charge in [0.2, 0.25) is 0 Å². The molecule has 0 radical (unpaired) electrons. The minimum Gasteiger partial charge on any atom is -0.357 e. The SMILES string of the molecule is CCNC(=NCC1CCCN(C)C1c1cccs1)N1CCC2(CCC2)C1.I. The summed E-state index contributed by atoms with van der Waals surface area (Å²) >= 11 is 1.90. The van der Waals surface area contributed by atoms with E-state index in [4.69, 9.17) is 4.99 Å². The van der Waals surface area contributed by atoms with E-state index in [0.29, 0.717) is 17.4 Å². The van der Waals surface area contributed by atoms with Gasteiger partial charge < -0.3 is 10.2 Å². The van der Waals surface area contributed by atoms with Crippen molar-refractivity contribution in [3.8, 4) is 0 Å². The van der Waals surface area contributed by atoms with Crippen LogP contribution in [-0.2, 0) is 0 Å². The summed E-state index contributed by atoms with van der Waals surface area (Å²) in [6, 6.07) is 5.03. The highest BCUT2D eigenvalue weighted by atomic mass is 127. The molecule has 0 aromatic carbocycles. The van der Waals surface area contributed by atoms with Crippen LogP contribution in [0.1, 0.15) is 56.4 Å². The number of piperidine rings is 1. The summed E-state index contributed by atoms with van der Waals surface area (Å²) in [6.07, 6.45) is 8.23. The van der Waals surface area contributed by atoms with E-state index in [9.17, 15) is 0 Å². The van der Waals surface area contributed by atoms with E-state index in [1.165, 1.54) is 63.0 Å². The van der Waals surface area contributed by atoms with E-state index in [2.05, 4.69) is 46.6 Å². The highest BCUT2D eigenvalue weighted by Crippen LogP contribution is 2.48. The molecule has 6 heteroatoms. The summed E-state index contributed by atoms with van der Waals surface area (Å²) in [5, 5.41) is 5.79. The first-order valence-electron chi connectivity index (χ1n) is 10.5. The topological polar surface area (TPSA) is 30.9 Å². The smallest absolute Gasteiger partial charge is 0.193 e. The standard InChI is InChI=1S/C21H34N4S.HI/c1-3-22-20(25-13-11-21(16-25)9-6-10-21)23-15-17-7-4-12-24(2)19(17)18-8-5-14-26-18;/h5,8,14,17,19H,3-4,6-7,9-13,15-16H2,1-2H3,(H,22,23);1H. The molecule has 27 heavy (non-hydrogen) atoms. The molecule has 2 atom stereocenters. The van der Waals surface area contributed by atoms with Crippen molar-refractivity contribution >= 4 is 41.3 Å². The van der Waals surface area contributed by atoms with Gasteiger partial charge in [0.25, 0.3) is 0 Å². The Kier molecular flexibility index (Phi) is 7.47. The van der Waals surface area contributed by atoms with Crippen molar-refractivity contribution in [2.45, 2.75) is 51.5 Å². The maximum absolute atomic E-state index is 5.15. The van der Waals surface area contributed by atoms with Gasteiger partial charge in [-0.15, -0.1) is 35.3 Å². The number of guanidine groups is 1. The Morgan fingerprint density at radius 2 is 2.15 bits per heavy atom. The Hall–Kier alpha value is -0.340. The summed E-state index contributed by atoms with van der Waals surface area (Å²) in [5.74, 6) is 1.79. The lowest BCUT2D eigenvalue weighted by Gasteiger charge is -2.39. The van der Waals surface area contributed by atoms with Gasteiger partial charge in [0.05, 0.1) is 0 Å². The van der Waals surface area contributed by atoms with Crippen molar-refractivity contribution < 1.29 is 0 Å². The van der Waals surface area contributed by atoms with Crippen LogP contribution in [0.5, 0.6) is 0 Å². The fourth-order valence-electron chi connectivity index (χ4n) is 5.19. The van der Waals surface area contributed by atoms with E-state index in [1.54, 1.807) is 0 Å². The summed E-state index contributed by atoms with van der Waals surface area (Å²) in [6.45, 7) is 7.70. The molecule has 1 aromatic heterocycles. The van der Waals surface area contributed by atoms with Gasteiger partial charge in [0.15, 0.2) is 5.96 Å². The van der Waals surface area contributed by atoms with Gasteiger partial charge in [-0.2, -0.15) is 0 Å². The summed E-state index contributed by atoms with van der Waals surface area (Å²) in [4.78, 5) is 11.7. The van der Waals surface area contributed by atoms with Gasteiger partial charge >= 0.3 is 0 Å². The van der Waals surface area contributed by atoms with E-state index >= 15 is 0 Å². The third-order valence-corrected chi connectivity index (χ3v) is 7.75. The fourth-order valence-corrected chi connectivity index (χ4v) is 6.17. The van der Waals surface area contributed by atoms with Gasteiger partial charge in [-0.05, 0) is 75.4 Å². The van der Waals surface area contributed by atoms with Crippen molar-refractivity contribution in [3.05, 3.63) is 22.4 Å². The number of nitrogens with zero attached hydrogens (tertiary/aromatic N) is 3. The molecule has 3 aliphatic rings. The zero-order chi connectivity index (χ0) is 18.0. The Balaban J connectivity index is 0.00000210. The lowest BCUT2D eigenvalue weighted by molar-refractivity contribution is 0.128. The largest absolute Gasteiger partial charge is 0.357 e. The molecule has 1 aromatic rings. The Morgan fingerprint density at radius 3 is 2.78 bits per heavy atom. The van der Waals surface area contributed by atoms with Crippen LogP contribution < -0.4 is 5.32 Å². The Labute approximate surface area is 185 Å². The monoisotopic (exact) mass is 502 g/mol. The number of rotatable bonds is 4. The normalized spacial score (nSPS) is 28.1. The van der Waals surface area contributed by atoms with Crippen LogP contribution in [0.15, 0.2) is 22.5 Å². The molecule has 2 aliphatic heterocycles. The number of aliphatic imine (C=N–C) groups is 1. The lowest BCUT2D eigenvalue weighted by Crippen LogP contribution is -2.43. The van der Waals surface area contributed by atoms with Crippen LogP contribution in [0.2, 0.25) is 0 Å². The van der Waals surface area contributed by atoms with Crippen LogP contribution in [0.4, 0.5) is 0 Å². The second-order valence-electron chi connectivity index (χ2n) is 8.56. The minimum atomic E-state index is 0. The molecule has 0 bridgehead atoms. The van der Waals surface area contributed by atoms with Crippen LogP contribution >= 0.6 is 35.3 Å². The molecule has 4 nitrogen and oxygen atoms in total. The van der Waals surface area contributed by atoms with Gasteiger partial charge in [-0.25, -0.2) is 0 Å². The molecule has 1 saturated carbocycles. The maximum atomic E-state index is 5.15. The van der Waals surface area contributed by atoms with E-state index in [0.717, 1.165) is 19.0 Å². The number of thiophene rings is 1. The zero-order valence-corrected chi connectivity index (χ0v) is 20.0. The second kappa shape index (κ2) is 9.44. The molecule has 2 unspecified atom stereocenters. The van der Waals surface area contributed by atoms with Gasteiger partial charge in [-0.1, -0.05) is 12.5 Å². The first-order chi connectivity index (χ1) is 12.7. The molecular weight excluding hydrogens is 467 g/mol. The number of hydrogen-bond acceptors (Lipinski definition) is 3. The molecular formula is C21H35IN4S. The quantitative estimate of drug-likeness (QED) is 0.371. The first kappa shape index (κ1) is 21.4. The average Bonchev–Trinajstić information content (AvgIpc) is 3.28. The molecule has 1 N–H and O–H groups in total. The highest BCUT2D eigenvalue weighted by Gasteiger charge is 2.43. The molecule has 3 fully saturated rings. The molecule has 152 valence electrons. The van der Waals surface area contributed by atoms with Crippen molar-refractivity contribution in [3.63, 3.8) is 0 Å². The van der Waals surface area contributed by atoms with Crippen molar-refractivity contribution in [2.75, 3.05) is 39.8 Å². The van der Waals surface area contributed by atoms with Gasteiger partial charge in [0.1, 0.15) is 0 Å². The van der Waals surface area contributed by atoms with Crippen LogP contribution in [0.25, 0.3) is 0 Å². The molecule has 4 rings (SSSR count). The summed E-state index contributed by atoms with van der Waals surface area (Å²) < 4.78 is 0. The molecule has 0 amide bonds. The van der Waals surface area contributed by atoms with Crippen LogP contribution in [0, 0.1) is 11.3 Å². The van der Waals surface area contributed by atoms with E-state index < -0.39 is 0 Å². The highest BCUT2D eigenvalue weighted by molar-refractivity contribution is 14.0. The molecule has 1 aliphatic carbocycles. The average molecular weight is 503 g/mol. The van der Waals surface area contributed by atoms with Crippen molar-refractivity contribution in [1.82, 2.24) is 15.1 Å². The third kappa shape index (κ3) is 4.64. The van der Waals surface area contributed by atoms with Gasteiger partial charge in [0, 0.05) is 37.1 Å². The summed E-state index contributed by atoms with van der Waals surface area (Å²) in [5.41, 5.74) is 0.626. The lowest BCUT2D eigenvalue weighted by atomic mass is 9.68. The predicted molar refractivity (Wildman–Crippen MR) is 126 cm³/mol. The van der Waals surface area contributed by atoms with Crippen LogP contribution in [0.3, 0.4) is 0 Å². The third-order valence-electron chi connectivity index (χ3n) is 6.80. The van der Waals surface area contributed by atoms with Gasteiger partial charge in [-0.3, -0.25) is 9.89 Å². The number of likely N-dealkylation sites (tertiary alicyclic amines) is 2. The van der Waals surface area contributed by atoms with E-state index in [1.807, 2.05) is 11.3 Å². The molecule has 3 heterocycles. The fraction of sp³-hybridized carbons (Fsp3) is 0.762. The molecule has 2 saturated heterocycles. The van der Waals surface area contributed by atoms with Crippen molar-refractivity contribution in [1.29, 1.82) is 0 Å². The number of hydrogen-bond donors (Lipinski definition) is 1.